The van der Waals surface area contributed by atoms with E-state index in [1.165, 1.54) is 0 Å². The predicted molar refractivity (Wildman–Crippen MR) is 78.6 cm³/mol. The second-order valence-electron chi connectivity index (χ2n) is 4.74. The largest absolute Gasteiger partial charge is 0.360 e. The van der Waals surface area contributed by atoms with Crippen LogP contribution in [0.4, 0.5) is 0 Å². The zero-order valence-corrected chi connectivity index (χ0v) is 12.1. The van der Waals surface area contributed by atoms with Crippen LogP contribution in [-0.2, 0) is 0 Å². The van der Waals surface area contributed by atoms with E-state index in [2.05, 4.69) is 5.32 Å². The highest BCUT2D eigenvalue weighted by atomic mass is 32.1. The molecule has 1 N–H and O–H groups in total. The van der Waals surface area contributed by atoms with Crippen LogP contribution in [0.15, 0.2) is 30.3 Å². The van der Waals surface area contributed by atoms with E-state index >= 15 is 0 Å². The Morgan fingerprint density at radius 1 is 1.17 bits per heavy atom. The molecule has 0 aliphatic rings. The molecule has 0 aliphatic carbocycles. The lowest BCUT2D eigenvalue weighted by Crippen LogP contribution is -2.49. The average molecular weight is 264 g/mol. The Morgan fingerprint density at radius 2 is 1.72 bits per heavy atom. The average Bonchev–Trinajstić information content (AvgIpc) is 2.28. The van der Waals surface area contributed by atoms with Gasteiger partial charge in [0, 0.05) is 17.6 Å². The van der Waals surface area contributed by atoms with Crippen molar-refractivity contribution in [2.45, 2.75) is 39.8 Å². The second kappa shape index (κ2) is 6.50. The van der Waals surface area contributed by atoms with Crippen molar-refractivity contribution < 1.29 is 4.79 Å². The van der Waals surface area contributed by atoms with Gasteiger partial charge in [0.05, 0.1) is 0 Å². The van der Waals surface area contributed by atoms with Crippen molar-refractivity contribution in [3.8, 4) is 0 Å². The summed E-state index contributed by atoms with van der Waals surface area (Å²) in [5, 5.41) is 3.59. The van der Waals surface area contributed by atoms with E-state index in [-0.39, 0.29) is 18.0 Å². The Morgan fingerprint density at radius 3 is 2.17 bits per heavy atom. The number of nitrogens with one attached hydrogen (secondary N) is 1. The van der Waals surface area contributed by atoms with Crippen molar-refractivity contribution in [1.29, 1.82) is 0 Å². The van der Waals surface area contributed by atoms with Crippen LogP contribution in [0, 0.1) is 0 Å². The fraction of sp³-hybridized carbons (Fsp3) is 0.429. The molecular formula is C14H20N2OS. The van der Waals surface area contributed by atoms with Gasteiger partial charge < -0.3 is 5.32 Å². The Labute approximate surface area is 114 Å². The summed E-state index contributed by atoms with van der Waals surface area (Å²) in [6.45, 7) is 7.90. The highest BCUT2D eigenvalue weighted by Crippen LogP contribution is 2.09. The zero-order valence-electron chi connectivity index (χ0n) is 11.3. The molecule has 0 aromatic heterocycles. The van der Waals surface area contributed by atoms with Crippen LogP contribution in [0.5, 0.6) is 0 Å². The number of amides is 1. The number of benzene rings is 1. The smallest absolute Gasteiger partial charge is 0.260 e. The molecule has 18 heavy (non-hydrogen) atoms. The molecule has 0 atom stereocenters. The lowest BCUT2D eigenvalue weighted by Gasteiger charge is -2.28. The molecule has 0 spiro atoms. The van der Waals surface area contributed by atoms with Crippen LogP contribution < -0.4 is 5.32 Å². The number of carbonyl (C=O) groups is 1. The van der Waals surface area contributed by atoms with Crippen molar-refractivity contribution in [3.63, 3.8) is 0 Å². The maximum Gasteiger partial charge on any atom is 0.260 e. The van der Waals surface area contributed by atoms with Gasteiger partial charge in [-0.15, -0.1) is 0 Å². The molecule has 3 nitrogen and oxygen atoms in total. The molecule has 4 heteroatoms. The third-order valence-corrected chi connectivity index (χ3v) is 2.70. The number of rotatable bonds is 3. The van der Waals surface area contributed by atoms with Gasteiger partial charge in [-0.1, -0.05) is 18.2 Å². The lowest BCUT2D eigenvalue weighted by atomic mass is 10.2. The second-order valence-corrected chi connectivity index (χ2v) is 5.13. The summed E-state index contributed by atoms with van der Waals surface area (Å²) in [5.74, 6) is -0.0660. The third-order valence-electron chi connectivity index (χ3n) is 2.39. The summed E-state index contributed by atoms with van der Waals surface area (Å²) < 4.78 is 0. The van der Waals surface area contributed by atoms with Gasteiger partial charge in [0.15, 0.2) is 5.11 Å². The van der Waals surface area contributed by atoms with Crippen LogP contribution >= 0.6 is 12.2 Å². The summed E-state index contributed by atoms with van der Waals surface area (Å²) in [6.07, 6.45) is 0. The molecular weight excluding hydrogens is 244 g/mol. The Kier molecular flexibility index (Phi) is 5.28. The molecule has 0 radical (unpaired) electrons. The van der Waals surface area contributed by atoms with E-state index in [4.69, 9.17) is 12.2 Å². The van der Waals surface area contributed by atoms with Gasteiger partial charge >= 0.3 is 0 Å². The molecule has 1 amide bonds. The number of carbonyl (C=O) groups excluding carboxylic acids is 1. The summed E-state index contributed by atoms with van der Waals surface area (Å²) in [7, 11) is 0. The van der Waals surface area contributed by atoms with Gasteiger partial charge in [0.25, 0.3) is 5.91 Å². The van der Waals surface area contributed by atoms with Gasteiger partial charge in [-0.05, 0) is 52.0 Å². The Bertz CT molecular complexity index is 415. The van der Waals surface area contributed by atoms with Crippen LogP contribution in [0.1, 0.15) is 38.1 Å². The first-order chi connectivity index (χ1) is 8.43. The predicted octanol–water partition coefficient (Wildman–Crippen LogP) is 2.82. The topological polar surface area (TPSA) is 32.3 Å². The summed E-state index contributed by atoms with van der Waals surface area (Å²) >= 11 is 5.30. The minimum absolute atomic E-state index is 0.0245. The van der Waals surface area contributed by atoms with Crippen LogP contribution in [0.25, 0.3) is 0 Å². The molecule has 1 aromatic rings. The Balaban J connectivity index is 2.93. The van der Waals surface area contributed by atoms with E-state index in [0.29, 0.717) is 10.7 Å². The van der Waals surface area contributed by atoms with Gasteiger partial charge in [-0.25, -0.2) is 0 Å². The number of nitrogens with zero attached hydrogens (tertiary/aromatic N) is 1. The minimum Gasteiger partial charge on any atom is -0.360 e. The highest BCUT2D eigenvalue weighted by molar-refractivity contribution is 7.80. The van der Waals surface area contributed by atoms with Crippen molar-refractivity contribution in [2.75, 3.05) is 0 Å². The van der Waals surface area contributed by atoms with E-state index in [1.807, 2.05) is 45.9 Å². The van der Waals surface area contributed by atoms with E-state index in [1.54, 1.807) is 17.0 Å². The van der Waals surface area contributed by atoms with Gasteiger partial charge in [0.2, 0.25) is 0 Å². The molecule has 0 unspecified atom stereocenters. The highest BCUT2D eigenvalue weighted by Gasteiger charge is 2.22. The zero-order chi connectivity index (χ0) is 13.7. The molecule has 1 rings (SSSR count). The monoisotopic (exact) mass is 264 g/mol. The first kappa shape index (κ1) is 14.6. The minimum atomic E-state index is -0.0660. The van der Waals surface area contributed by atoms with Crippen molar-refractivity contribution in [2.24, 2.45) is 0 Å². The van der Waals surface area contributed by atoms with E-state index in [0.717, 1.165) is 0 Å². The maximum atomic E-state index is 12.4. The first-order valence-corrected chi connectivity index (χ1v) is 6.53. The molecule has 98 valence electrons. The molecule has 0 bridgehead atoms. The molecule has 0 aliphatic heterocycles. The molecule has 0 heterocycles. The third kappa shape index (κ3) is 3.81. The number of hydrogen-bond acceptors (Lipinski definition) is 2. The molecule has 1 aromatic carbocycles. The summed E-state index contributed by atoms with van der Waals surface area (Å²) in [6, 6.07) is 9.43. The van der Waals surface area contributed by atoms with Crippen LogP contribution in [0.2, 0.25) is 0 Å². The normalized spacial score (nSPS) is 10.6. The molecule has 0 saturated carbocycles. The van der Waals surface area contributed by atoms with Crippen molar-refractivity contribution >= 4 is 23.2 Å². The first-order valence-electron chi connectivity index (χ1n) is 6.12. The number of hydrogen-bond donors (Lipinski definition) is 1. The fourth-order valence-corrected chi connectivity index (χ4v) is 2.13. The van der Waals surface area contributed by atoms with Crippen LogP contribution in [-0.4, -0.2) is 28.0 Å². The van der Waals surface area contributed by atoms with Gasteiger partial charge in [-0.3, -0.25) is 9.69 Å². The van der Waals surface area contributed by atoms with E-state index in [9.17, 15) is 4.79 Å². The quantitative estimate of drug-likeness (QED) is 0.852. The summed E-state index contributed by atoms with van der Waals surface area (Å²) in [4.78, 5) is 14.0. The molecule has 0 saturated heterocycles. The van der Waals surface area contributed by atoms with Gasteiger partial charge in [0.1, 0.15) is 0 Å². The van der Waals surface area contributed by atoms with Crippen molar-refractivity contribution in [1.82, 2.24) is 10.2 Å². The lowest BCUT2D eigenvalue weighted by molar-refractivity contribution is 0.0816. The SMILES string of the molecule is CC(C)NC(=S)N(C(=O)c1ccccc1)C(C)C. The Hall–Kier alpha value is -1.42. The maximum absolute atomic E-state index is 12.4. The summed E-state index contributed by atoms with van der Waals surface area (Å²) in [5.41, 5.74) is 0.652. The number of thiocarbonyl (C=S) groups is 1. The standard InChI is InChI=1S/C14H20N2OS/c1-10(2)15-14(18)16(11(3)4)13(17)12-8-6-5-7-9-12/h5-11H,1-4H3,(H,15,18). The molecule has 0 fully saturated rings. The van der Waals surface area contributed by atoms with E-state index < -0.39 is 0 Å². The van der Waals surface area contributed by atoms with Gasteiger partial charge in [-0.2, -0.15) is 0 Å². The van der Waals surface area contributed by atoms with Crippen LogP contribution in [0.3, 0.4) is 0 Å². The fourth-order valence-electron chi connectivity index (χ4n) is 1.60. The van der Waals surface area contributed by atoms with Crippen molar-refractivity contribution in [3.05, 3.63) is 35.9 Å².